The van der Waals surface area contributed by atoms with Crippen molar-refractivity contribution in [2.75, 3.05) is 0 Å². The van der Waals surface area contributed by atoms with Crippen molar-refractivity contribution >= 4 is 11.6 Å². The van der Waals surface area contributed by atoms with Crippen LogP contribution in [-0.2, 0) is 6.54 Å². The summed E-state index contributed by atoms with van der Waals surface area (Å²) in [5, 5.41) is 9.55. The lowest BCUT2D eigenvalue weighted by molar-refractivity contribution is 0.474. The molecule has 1 aromatic carbocycles. The van der Waals surface area contributed by atoms with Crippen molar-refractivity contribution in [1.29, 1.82) is 0 Å². The quantitative estimate of drug-likeness (QED) is 0.649. The third kappa shape index (κ3) is 1.40. The van der Waals surface area contributed by atoms with E-state index in [4.69, 9.17) is 22.4 Å². The van der Waals surface area contributed by atoms with Crippen molar-refractivity contribution in [3.8, 4) is 5.75 Å². The highest BCUT2D eigenvalue weighted by Gasteiger charge is 1.97. The summed E-state index contributed by atoms with van der Waals surface area (Å²) in [6.45, 7) is 0.354. The summed E-state index contributed by atoms with van der Waals surface area (Å²) in [6.07, 6.45) is 0. The van der Waals surface area contributed by atoms with Crippen LogP contribution in [-0.4, -0.2) is 5.11 Å². The van der Waals surface area contributed by atoms with E-state index in [1.165, 1.54) is 6.07 Å². The molecule has 0 heterocycles. The second-order valence-corrected chi connectivity index (χ2v) is 2.39. The normalized spacial score (nSPS) is 9.80. The van der Waals surface area contributed by atoms with Gasteiger partial charge < -0.3 is 10.8 Å². The topological polar surface area (TPSA) is 46.2 Å². The number of aromatic hydroxyl groups is 1. The zero-order chi connectivity index (χ0) is 7.56. The van der Waals surface area contributed by atoms with Crippen LogP contribution in [0.25, 0.3) is 0 Å². The standard InChI is InChI=1S/C7H8ClNO/c8-7-2-1-6(10)3-5(7)4-9/h1-3,10H,4,9H2. The lowest BCUT2D eigenvalue weighted by Gasteiger charge is -1.99. The maximum absolute atomic E-state index is 8.95. The Kier molecular flexibility index (Phi) is 2.14. The minimum absolute atomic E-state index is 0.199. The number of benzene rings is 1. The molecule has 0 aromatic heterocycles. The predicted octanol–water partition coefficient (Wildman–Crippen LogP) is 1.50. The Balaban J connectivity index is 3.09. The molecule has 0 atom stereocenters. The van der Waals surface area contributed by atoms with Crippen molar-refractivity contribution in [1.82, 2.24) is 0 Å². The van der Waals surface area contributed by atoms with Gasteiger partial charge in [0.1, 0.15) is 5.75 Å². The molecule has 0 unspecified atom stereocenters. The number of hydrogen-bond donors (Lipinski definition) is 2. The summed E-state index contributed by atoms with van der Waals surface area (Å²) >= 11 is 5.71. The molecule has 0 saturated carbocycles. The van der Waals surface area contributed by atoms with E-state index in [1.54, 1.807) is 12.1 Å². The number of hydrogen-bond acceptors (Lipinski definition) is 2. The first kappa shape index (κ1) is 7.38. The van der Waals surface area contributed by atoms with Gasteiger partial charge in [-0.15, -0.1) is 0 Å². The highest BCUT2D eigenvalue weighted by Crippen LogP contribution is 2.19. The Morgan fingerprint density at radius 2 is 2.20 bits per heavy atom. The zero-order valence-corrected chi connectivity index (χ0v) is 6.10. The zero-order valence-electron chi connectivity index (χ0n) is 5.34. The predicted molar refractivity (Wildman–Crippen MR) is 41.0 cm³/mol. The van der Waals surface area contributed by atoms with Crippen LogP contribution in [0.15, 0.2) is 18.2 Å². The van der Waals surface area contributed by atoms with Gasteiger partial charge in [0.2, 0.25) is 0 Å². The van der Waals surface area contributed by atoms with Crippen LogP contribution < -0.4 is 5.73 Å². The Morgan fingerprint density at radius 1 is 1.50 bits per heavy atom. The molecule has 0 spiro atoms. The van der Waals surface area contributed by atoms with Gasteiger partial charge >= 0.3 is 0 Å². The Hall–Kier alpha value is -0.730. The molecule has 54 valence electrons. The van der Waals surface area contributed by atoms with Crippen LogP contribution in [0.2, 0.25) is 5.02 Å². The van der Waals surface area contributed by atoms with Crippen molar-refractivity contribution < 1.29 is 5.11 Å². The minimum Gasteiger partial charge on any atom is -0.508 e. The molecule has 3 heteroatoms. The van der Waals surface area contributed by atoms with Gasteiger partial charge in [0.15, 0.2) is 0 Å². The largest absolute Gasteiger partial charge is 0.508 e. The van der Waals surface area contributed by atoms with Gasteiger partial charge in [-0.25, -0.2) is 0 Å². The maximum atomic E-state index is 8.95. The number of phenols is 1. The lowest BCUT2D eigenvalue weighted by Crippen LogP contribution is -1.96. The van der Waals surface area contributed by atoms with Gasteiger partial charge in [-0.1, -0.05) is 11.6 Å². The van der Waals surface area contributed by atoms with E-state index in [0.717, 1.165) is 5.56 Å². The summed E-state index contributed by atoms with van der Waals surface area (Å²) in [5.74, 6) is 0.199. The second-order valence-electron chi connectivity index (χ2n) is 1.98. The van der Waals surface area contributed by atoms with E-state index in [2.05, 4.69) is 0 Å². The molecule has 0 aliphatic rings. The molecule has 1 aromatic rings. The summed E-state index contributed by atoms with van der Waals surface area (Å²) in [4.78, 5) is 0. The summed E-state index contributed by atoms with van der Waals surface area (Å²) in [7, 11) is 0. The smallest absolute Gasteiger partial charge is 0.116 e. The molecule has 0 bridgehead atoms. The molecular weight excluding hydrogens is 150 g/mol. The molecule has 10 heavy (non-hydrogen) atoms. The molecule has 0 fully saturated rings. The second kappa shape index (κ2) is 2.90. The first-order valence-electron chi connectivity index (χ1n) is 2.91. The average molecular weight is 158 g/mol. The molecule has 0 aliphatic carbocycles. The molecule has 3 N–H and O–H groups in total. The number of phenolic OH excluding ortho intramolecular Hbond substituents is 1. The van der Waals surface area contributed by atoms with Crippen LogP contribution in [0.4, 0.5) is 0 Å². The first-order chi connectivity index (χ1) is 4.74. The molecule has 0 amide bonds. The fraction of sp³-hybridized carbons (Fsp3) is 0.143. The van der Waals surface area contributed by atoms with E-state index in [9.17, 15) is 0 Å². The monoisotopic (exact) mass is 157 g/mol. The lowest BCUT2D eigenvalue weighted by atomic mass is 10.2. The third-order valence-electron chi connectivity index (χ3n) is 1.25. The Bertz CT molecular complexity index is 237. The van der Waals surface area contributed by atoms with Crippen molar-refractivity contribution in [2.24, 2.45) is 5.73 Å². The fourth-order valence-corrected chi connectivity index (χ4v) is 0.912. The number of halogens is 1. The van der Waals surface area contributed by atoms with Crippen molar-refractivity contribution in [3.05, 3.63) is 28.8 Å². The van der Waals surface area contributed by atoms with Crippen LogP contribution >= 0.6 is 11.6 Å². The Labute approximate surface area is 64.2 Å². The molecular formula is C7H8ClNO. The van der Waals surface area contributed by atoms with E-state index in [-0.39, 0.29) is 5.75 Å². The average Bonchev–Trinajstić information content (AvgIpc) is 1.94. The first-order valence-corrected chi connectivity index (χ1v) is 3.29. The molecule has 1 rings (SSSR count). The van der Waals surface area contributed by atoms with Gasteiger partial charge in [0.05, 0.1) is 0 Å². The summed E-state index contributed by atoms with van der Waals surface area (Å²) < 4.78 is 0. The molecule has 0 aliphatic heterocycles. The molecule has 0 radical (unpaired) electrons. The number of rotatable bonds is 1. The van der Waals surface area contributed by atoms with Crippen molar-refractivity contribution in [3.63, 3.8) is 0 Å². The third-order valence-corrected chi connectivity index (χ3v) is 1.62. The highest BCUT2D eigenvalue weighted by molar-refractivity contribution is 6.31. The SMILES string of the molecule is NCc1cc(O)ccc1Cl. The van der Waals surface area contributed by atoms with E-state index < -0.39 is 0 Å². The van der Waals surface area contributed by atoms with Crippen LogP contribution in [0.3, 0.4) is 0 Å². The van der Waals surface area contributed by atoms with E-state index in [0.29, 0.717) is 11.6 Å². The van der Waals surface area contributed by atoms with Crippen LogP contribution in [0.5, 0.6) is 5.75 Å². The van der Waals surface area contributed by atoms with Crippen LogP contribution in [0, 0.1) is 0 Å². The van der Waals surface area contributed by atoms with Crippen molar-refractivity contribution in [2.45, 2.75) is 6.54 Å². The maximum Gasteiger partial charge on any atom is 0.116 e. The van der Waals surface area contributed by atoms with Gasteiger partial charge in [0, 0.05) is 11.6 Å². The summed E-state index contributed by atoms with van der Waals surface area (Å²) in [5.41, 5.74) is 6.09. The fourth-order valence-electron chi connectivity index (χ4n) is 0.718. The van der Waals surface area contributed by atoms with Gasteiger partial charge in [0.25, 0.3) is 0 Å². The highest BCUT2D eigenvalue weighted by atomic mass is 35.5. The van der Waals surface area contributed by atoms with E-state index >= 15 is 0 Å². The van der Waals surface area contributed by atoms with Gasteiger partial charge in [-0.3, -0.25) is 0 Å². The minimum atomic E-state index is 0.199. The van der Waals surface area contributed by atoms with Gasteiger partial charge in [-0.05, 0) is 23.8 Å². The van der Waals surface area contributed by atoms with Gasteiger partial charge in [-0.2, -0.15) is 0 Å². The van der Waals surface area contributed by atoms with Crippen LogP contribution in [0.1, 0.15) is 5.56 Å². The van der Waals surface area contributed by atoms with E-state index in [1.807, 2.05) is 0 Å². The number of nitrogens with two attached hydrogens (primary N) is 1. The summed E-state index contributed by atoms with van der Waals surface area (Å²) in [6, 6.07) is 4.71. The molecule has 2 nitrogen and oxygen atoms in total. The molecule has 0 saturated heterocycles. The Morgan fingerprint density at radius 3 is 2.70 bits per heavy atom.